The highest BCUT2D eigenvalue weighted by Gasteiger charge is 2.20. The van der Waals surface area contributed by atoms with Gasteiger partial charge in [0.25, 0.3) is 5.91 Å². The summed E-state index contributed by atoms with van der Waals surface area (Å²) in [6.45, 7) is 4.44. The second-order valence-corrected chi connectivity index (χ2v) is 7.36. The maximum absolute atomic E-state index is 13.3. The molecule has 1 heterocycles. The molecule has 6 nitrogen and oxygen atoms in total. The molecule has 4 aromatic rings. The molecule has 0 bridgehead atoms. The fourth-order valence-corrected chi connectivity index (χ4v) is 3.24. The van der Waals surface area contributed by atoms with Crippen molar-refractivity contribution in [3.8, 4) is 17.1 Å². The summed E-state index contributed by atoms with van der Waals surface area (Å²) < 4.78 is 6.56. The Kier molecular flexibility index (Phi) is 5.80. The van der Waals surface area contributed by atoms with Crippen molar-refractivity contribution in [1.82, 2.24) is 14.8 Å². The van der Waals surface area contributed by atoms with Gasteiger partial charge in [-0.05, 0) is 43.2 Å². The molecule has 0 aliphatic heterocycles. The summed E-state index contributed by atoms with van der Waals surface area (Å²) in [7, 11) is 1.64. The molecule has 0 unspecified atom stereocenters. The molecule has 31 heavy (non-hydrogen) atoms. The van der Waals surface area contributed by atoms with E-state index in [4.69, 9.17) is 4.74 Å². The number of carbonyl (C=O) groups excluding carboxylic acids is 1. The van der Waals surface area contributed by atoms with Gasteiger partial charge in [0.2, 0.25) is 5.95 Å². The zero-order chi connectivity index (χ0) is 21.8. The second-order valence-electron chi connectivity index (χ2n) is 7.36. The van der Waals surface area contributed by atoms with E-state index in [0.717, 1.165) is 28.0 Å². The number of rotatable bonds is 6. The Morgan fingerprint density at radius 3 is 2.35 bits per heavy atom. The van der Waals surface area contributed by atoms with E-state index in [1.54, 1.807) is 13.2 Å². The van der Waals surface area contributed by atoms with Crippen LogP contribution in [0, 0.1) is 13.8 Å². The fourth-order valence-electron chi connectivity index (χ4n) is 3.24. The molecule has 1 N–H and O–H groups in total. The standard InChI is InChI=1S/C25H24N4O2/c1-17-8-12-20(13-9-17)23-27-25(26-16-19-10-14-21(31-3)15-11-19)29(28-23)24(30)22-7-5-4-6-18(22)2/h4-15H,16H2,1-3H3,(H,26,27,28). The summed E-state index contributed by atoms with van der Waals surface area (Å²) in [5.41, 5.74) is 4.53. The van der Waals surface area contributed by atoms with Crippen LogP contribution in [0.5, 0.6) is 5.75 Å². The Morgan fingerprint density at radius 1 is 0.968 bits per heavy atom. The van der Waals surface area contributed by atoms with Crippen molar-refractivity contribution in [2.45, 2.75) is 20.4 Å². The number of ether oxygens (including phenoxy) is 1. The molecule has 3 aromatic carbocycles. The second kappa shape index (κ2) is 8.83. The van der Waals surface area contributed by atoms with Crippen molar-refractivity contribution in [3.05, 3.63) is 95.1 Å². The minimum absolute atomic E-state index is 0.221. The van der Waals surface area contributed by atoms with Crippen molar-refractivity contribution in [2.75, 3.05) is 12.4 Å². The lowest BCUT2D eigenvalue weighted by atomic mass is 10.1. The van der Waals surface area contributed by atoms with Crippen LogP contribution in [-0.2, 0) is 6.54 Å². The van der Waals surface area contributed by atoms with E-state index in [0.29, 0.717) is 23.9 Å². The molecule has 0 amide bonds. The minimum Gasteiger partial charge on any atom is -0.497 e. The van der Waals surface area contributed by atoms with E-state index in [1.165, 1.54) is 4.68 Å². The van der Waals surface area contributed by atoms with Gasteiger partial charge in [-0.1, -0.05) is 60.2 Å². The summed E-state index contributed by atoms with van der Waals surface area (Å²) in [5.74, 6) is 1.48. The number of aryl methyl sites for hydroxylation is 2. The third-order valence-electron chi connectivity index (χ3n) is 5.09. The van der Waals surface area contributed by atoms with Gasteiger partial charge in [0.05, 0.1) is 7.11 Å². The van der Waals surface area contributed by atoms with E-state index in [1.807, 2.05) is 80.6 Å². The molecule has 0 atom stereocenters. The van der Waals surface area contributed by atoms with Gasteiger partial charge in [0.1, 0.15) is 5.75 Å². The summed E-state index contributed by atoms with van der Waals surface area (Å²) in [6, 6.07) is 23.1. The third kappa shape index (κ3) is 4.48. The van der Waals surface area contributed by atoms with E-state index in [2.05, 4.69) is 15.4 Å². The molecule has 0 saturated carbocycles. The first-order chi connectivity index (χ1) is 15.0. The summed E-state index contributed by atoms with van der Waals surface area (Å²) in [4.78, 5) is 17.9. The van der Waals surface area contributed by atoms with Gasteiger partial charge >= 0.3 is 0 Å². The van der Waals surface area contributed by atoms with Crippen LogP contribution in [0.4, 0.5) is 5.95 Å². The number of aromatic nitrogens is 3. The van der Waals surface area contributed by atoms with E-state index in [9.17, 15) is 4.79 Å². The van der Waals surface area contributed by atoms with Crippen LogP contribution >= 0.6 is 0 Å². The van der Waals surface area contributed by atoms with E-state index < -0.39 is 0 Å². The van der Waals surface area contributed by atoms with Gasteiger partial charge in [-0.15, -0.1) is 5.10 Å². The monoisotopic (exact) mass is 412 g/mol. The zero-order valence-corrected chi connectivity index (χ0v) is 17.8. The third-order valence-corrected chi connectivity index (χ3v) is 5.09. The number of hydrogen-bond acceptors (Lipinski definition) is 5. The molecule has 0 aliphatic rings. The molecular formula is C25H24N4O2. The SMILES string of the molecule is COc1ccc(CNc2nc(-c3ccc(C)cc3)nn2C(=O)c2ccccc2C)cc1. The summed E-state index contributed by atoms with van der Waals surface area (Å²) in [5, 5.41) is 7.81. The van der Waals surface area contributed by atoms with Gasteiger partial charge in [0.15, 0.2) is 5.82 Å². The molecule has 156 valence electrons. The maximum atomic E-state index is 13.3. The van der Waals surface area contributed by atoms with Crippen LogP contribution in [0.15, 0.2) is 72.8 Å². The largest absolute Gasteiger partial charge is 0.497 e. The average molecular weight is 412 g/mol. The molecule has 6 heteroatoms. The minimum atomic E-state index is -0.221. The Hall–Kier alpha value is -3.93. The first-order valence-corrected chi connectivity index (χ1v) is 10.1. The molecule has 0 fully saturated rings. The number of hydrogen-bond donors (Lipinski definition) is 1. The van der Waals surface area contributed by atoms with Gasteiger partial charge in [0, 0.05) is 17.7 Å². The Morgan fingerprint density at radius 2 is 1.68 bits per heavy atom. The molecular weight excluding hydrogens is 388 g/mol. The van der Waals surface area contributed by atoms with Crippen LogP contribution in [0.2, 0.25) is 0 Å². The highest BCUT2D eigenvalue weighted by atomic mass is 16.5. The first kappa shape index (κ1) is 20.3. The fraction of sp³-hybridized carbons (Fsp3) is 0.160. The number of anilines is 1. The van der Waals surface area contributed by atoms with Crippen LogP contribution in [0.3, 0.4) is 0 Å². The molecule has 4 rings (SSSR count). The topological polar surface area (TPSA) is 69.0 Å². The zero-order valence-electron chi connectivity index (χ0n) is 17.8. The van der Waals surface area contributed by atoms with Gasteiger partial charge in [-0.2, -0.15) is 9.67 Å². The average Bonchev–Trinajstić information content (AvgIpc) is 3.22. The van der Waals surface area contributed by atoms with Crippen LogP contribution in [0.25, 0.3) is 11.4 Å². The lowest BCUT2D eigenvalue weighted by molar-refractivity contribution is 0.0947. The van der Waals surface area contributed by atoms with Crippen LogP contribution in [0.1, 0.15) is 27.0 Å². The van der Waals surface area contributed by atoms with Crippen molar-refractivity contribution in [2.24, 2.45) is 0 Å². The summed E-state index contributed by atoms with van der Waals surface area (Å²) >= 11 is 0. The van der Waals surface area contributed by atoms with E-state index >= 15 is 0 Å². The number of methoxy groups -OCH3 is 1. The van der Waals surface area contributed by atoms with Crippen LogP contribution < -0.4 is 10.1 Å². The van der Waals surface area contributed by atoms with Gasteiger partial charge in [-0.25, -0.2) is 0 Å². The normalized spacial score (nSPS) is 10.7. The van der Waals surface area contributed by atoms with Crippen molar-refractivity contribution in [3.63, 3.8) is 0 Å². The quantitative estimate of drug-likeness (QED) is 0.489. The van der Waals surface area contributed by atoms with Crippen molar-refractivity contribution in [1.29, 1.82) is 0 Å². The highest BCUT2D eigenvalue weighted by molar-refractivity contribution is 5.98. The van der Waals surface area contributed by atoms with Crippen molar-refractivity contribution < 1.29 is 9.53 Å². The van der Waals surface area contributed by atoms with Crippen molar-refractivity contribution >= 4 is 11.9 Å². The summed E-state index contributed by atoms with van der Waals surface area (Å²) in [6.07, 6.45) is 0. The molecule has 0 saturated heterocycles. The number of nitrogens with one attached hydrogen (secondary N) is 1. The lowest BCUT2D eigenvalue weighted by Crippen LogP contribution is -2.18. The molecule has 0 spiro atoms. The molecule has 0 aliphatic carbocycles. The first-order valence-electron chi connectivity index (χ1n) is 10.1. The Labute approximate surface area is 181 Å². The van der Waals surface area contributed by atoms with Gasteiger partial charge < -0.3 is 10.1 Å². The molecule has 0 radical (unpaired) electrons. The van der Waals surface area contributed by atoms with Crippen LogP contribution in [-0.4, -0.2) is 27.8 Å². The Bertz CT molecular complexity index is 1200. The molecule has 1 aromatic heterocycles. The number of carbonyl (C=O) groups is 1. The number of nitrogens with zero attached hydrogens (tertiary/aromatic N) is 3. The number of benzene rings is 3. The van der Waals surface area contributed by atoms with Gasteiger partial charge in [-0.3, -0.25) is 4.79 Å². The maximum Gasteiger partial charge on any atom is 0.281 e. The lowest BCUT2D eigenvalue weighted by Gasteiger charge is -2.09. The predicted molar refractivity (Wildman–Crippen MR) is 121 cm³/mol. The Balaban J connectivity index is 1.68. The highest BCUT2D eigenvalue weighted by Crippen LogP contribution is 2.21. The van der Waals surface area contributed by atoms with E-state index in [-0.39, 0.29) is 5.91 Å². The predicted octanol–water partition coefficient (Wildman–Crippen LogP) is 4.87. The smallest absolute Gasteiger partial charge is 0.281 e.